The van der Waals surface area contributed by atoms with Crippen LogP contribution in [0.2, 0.25) is 0 Å². The third-order valence-electron chi connectivity index (χ3n) is 14.5. The molecule has 0 amide bonds. The summed E-state index contributed by atoms with van der Waals surface area (Å²) in [6, 6.07) is -0.723. The van der Waals surface area contributed by atoms with Gasteiger partial charge in [-0.05, 0) is 264 Å². The average molecular weight is 792 g/mol. The fraction of sp³-hybridized carbons (Fsp3) is 0.254. The molecule has 0 saturated heterocycles. The normalized spacial score (nSPS) is 14.8. The highest BCUT2D eigenvalue weighted by molar-refractivity contribution is 6.31. The van der Waals surface area contributed by atoms with Crippen LogP contribution in [0.5, 0.6) is 0 Å². The van der Waals surface area contributed by atoms with Crippen LogP contribution in [0.3, 0.4) is 0 Å². The predicted octanol–water partition coefficient (Wildman–Crippen LogP) is 17.3. The lowest BCUT2D eigenvalue weighted by Crippen LogP contribution is -2.04. The van der Waals surface area contributed by atoms with Crippen molar-refractivity contribution in [3.8, 4) is 22.3 Å². The second-order valence-corrected chi connectivity index (χ2v) is 17.5. The summed E-state index contributed by atoms with van der Waals surface area (Å²) in [4.78, 5) is 0. The number of hydrogen-bond donors (Lipinski definition) is 0. The second-order valence-electron chi connectivity index (χ2n) is 17.5. The number of fused-ring (bicyclic) bond motifs is 9. The number of furan rings is 1. The topological polar surface area (TPSA) is 13.1 Å². The van der Waals surface area contributed by atoms with Crippen molar-refractivity contribution in [2.45, 2.75) is 104 Å². The third kappa shape index (κ3) is 4.87. The first-order valence-corrected chi connectivity index (χ1v) is 20.9. The van der Waals surface area contributed by atoms with Crippen LogP contribution in [0.4, 0.5) is 0 Å². The lowest BCUT2D eigenvalue weighted by atomic mass is 9.75. The molecule has 0 spiro atoms. The van der Waals surface area contributed by atoms with Crippen molar-refractivity contribution in [3.63, 3.8) is 0 Å². The van der Waals surface area contributed by atoms with Crippen molar-refractivity contribution in [3.05, 3.63) is 150 Å². The van der Waals surface area contributed by atoms with Crippen molar-refractivity contribution < 1.29 is 19.5 Å². The van der Waals surface area contributed by atoms with Gasteiger partial charge in [0.15, 0.2) is 0 Å². The molecule has 0 radical (unpaired) electrons. The van der Waals surface area contributed by atoms with Crippen molar-refractivity contribution in [2.75, 3.05) is 0 Å². The first kappa shape index (κ1) is 27.8. The fourth-order valence-electron chi connectivity index (χ4n) is 10.3. The average Bonchev–Trinajstić information content (AvgIpc) is 3.75. The molecule has 0 aliphatic heterocycles. The Morgan fingerprint density at radius 3 is 1.47 bits per heavy atom. The highest BCUT2D eigenvalue weighted by Gasteiger charge is 2.30. The highest BCUT2D eigenvalue weighted by atomic mass is 16.3. The summed E-state index contributed by atoms with van der Waals surface area (Å²) in [5, 5.41) is 6.71. The Kier molecular flexibility index (Phi) is 6.03. The summed E-state index contributed by atoms with van der Waals surface area (Å²) < 4.78 is 110. The van der Waals surface area contributed by atoms with Gasteiger partial charge in [-0.25, -0.2) is 0 Å². The van der Waals surface area contributed by atoms with Gasteiger partial charge in [0.05, 0.1) is 15.1 Å². The molecule has 0 atom stereocenters. The molecule has 60 heavy (non-hydrogen) atoms. The molecule has 0 unspecified atom stereocenters. The minimum absolute atomic E-state index is 0.0476. The van der Waals surface area contributed by atoms with Crippen molar-refractivity contribution in [1.82, 2.24) is 0 Å². The van der Waals surface area contributed by atoms with Crippen LogP contribution in [-0.2, 0) is 0 Å². The molecular formula is C59H56O. The summed E-state index contributed by atoms with van der Waals surface area (Å²) in [5.41, 5.74) is 15.9. The zero-order valence-electron chi connectivity index (χ0n) is 48.4. The molecule has 1 heteroatoms. The largest absolute Gasteiger partial charge is 0.455 e. The van der Waals surface area contributed by atoms with E-state index in [9.17, 15) is 9.60 Å². The SMILES string of the molecule is [2H]c1c(C)c(C)c2c([2H])c3c(oc4c(C)c(C)c(C)c(-c5c6c(C)c([2H])c([2H])c(C)c6c(-c6c(C)c(C)c([2H])c7c6c([2H])c(C)c6c([2H])c([2H])c([2H])c([2H])c67)c6c(C)c(C)c(C)c(C)c56)c43)c(C)c2c1[2H]. The Balaban J connectivity index is 1.59. The van der Waals surface area contributed by atoms with Crippen LogP contribution in [0, 0.1) is 104 Å². The molecule has 9 aromatic carbocycles. The van der Waals surface area contributed by atoms with E-state index in [1.807, 2.05) is 55.4 Å². The molecule has 0 saturated carbocycles. The molecule has 0 aliphatic carbocycles. The molecule has 0 bridgehead atoms. The molecule has 0 aliphatic rings. The van der Waals surface area contributed by atoms with E-state index in [2.05, 4.69) is 41.5 Å². The predicted molar refractivity (Wildman–Crippen MR) is 263 cm³/mol. The van der Waals surface area contributed by atoms with E-state index in [4.69, 9.17) is 9.90 Å². The lowest BCUT2D eigenvalue weighted by Gasteiger charge is -2.28. The number of benzene rings is 9. The van der Waals surface area contributed by atoms with Gasteiger partial charge < -0.3 is 4.42 Å². The first-order chi connectivity index (χ1) is 33.2. The third-order valence-corrected chi connectivity index (χ3v) is 14.5. The molecular weight excluding hydrogens is 725 g/mol. The molecule has 0 N–H and O–H groups in total. The molecule has 1 aromatic heterocycles. The standard InChI is InChI=1S/C59H56O/c1-27-22-23-43-41(15)58-48(26-45(43)32(27)6)55-54(39(13)36(10)40(14)59(55)60-58)57-50-29(3)21-20-28(2)49(50)56(52-37(11)34(8)35(9)38(12)53(52)57)51-33(7)30(4)24-46-44-19-17-16-18-42(44)31(5)25-47(46)51/h16-26H,1-15H3/i16D,17D,18D,19D,20D,21D,22D,23D,24D,25D,26D. The van der Waals surface area contributed by atoms with E-state index >= 15 is 0 Å². The Morgan fingerprint density at radius 2 is 0.833 bits per heavy atom. The Labute approximate surface area is 370 Å². The van der Waals surface area contributed by atoms with Gasteiger partial charge in [0.2, 0.25) is 0 Å². The monoisotopic (exact) mass is 792 g/mol. The van der Waals surface area contributed by atoms with Crippen LogP contribution < -0.4 is 0 Å². The minimum atomic E-state index is -0.418. The smallest absolute Gasteiger partial charge is 0.139 e. The second kappa shape index (κ2) is 13.0. The summed E-state index contributed by atoms with van der Waals surface area (Å²) in [6.45, 7) is 29.6. The Bertz CT molecular complexity index is 4190. The Hall–Kier alpha value is -5.92. The molecule has 0 fully saturated rings. The minimum Gasteiger partial charge on any atom is -0.455 e. The summed E-state index contributed by atoms with van der Waals surface area (Å²) in [7, 11) is 0. The van der Waals surface area contributed by atoms with Crippen molar-refractivity contribution >= 4 is 75.8 Å². The van der Waals surface area contributed by atoms with Gasteiger partial charge in [-0.15, -0.1) is 0 Å². The van der Waals surface area contributed by atoms with Crippen LogP contribution in [0.1, 0.15) is 98.5 Å². The van der Waals surface area contributed by atoms with Gasteiger partial charge in [-0.2, -0.15) is 0 Å². The maximum absolute atomic E-state index is 10.2. The van der Waals surface area contributed by atoms with E-state index in [1.165, 1.54) is 0 Å². The maximum atomic E-state index is 10.2. The summed E-state index contributed by atoms with van der Waals surface area (Å²) >= 11 is 0. The van der Waals surface area contributed by atoms with Crippen LogP contribution >= 0.6 is 0 Å². The van der Waals surface area contributed by atoms with E-state index in [0.717, 1.165) is 88.3 Å². The molecule has 298 valence electrons. The zero-order chi connectivity index (χ0) is 52.1. The zero-order valence-corrected chi connectivity index (χ0v) is 37.4. The van der Waals surface area contributed by atoms with E-state index in [1.54, 1.807) is 6.92 Å². The van der Waals surface area contributed by atoms with E-state index in [-0.39, 0.29) is 70.5 Å². The number of aryl methyl sites for hydroxylation is 8. The molecule has 10 rings (SSSR count). The van der Waals surface area contributed by atoms with Crippen LogP contribution in [0.15, 0.2) is 70.9 Å². The first-order valence-electron chi connectivity index (χ1n) is 26.4. The number of rotatable bonds is 2. The lowest BCUT2D eigenvalue weighted by molar-refractivity contribution is 0.663. The Morgan fingerprint density at radius 1 is 0.283 bits per heavy atom. The highest BCUT2D eigenvalue weighted by Crippen LogP contribution is 2.55. The van der Waals surface area contributed by atoms with E-state index < -0.39 is 12.1 Å². The van der Waals surface area contributed by atoms with Gasteiger partial charge in [0, 0.05) is 16.3 Å². The van der Waals surface area contributed by atoms with Gasteiger partial charge >= 0.3 is 0 Å². The van der Waals surface area contributed by atoms with Gasteiger partial charge in [-0.1, -0.05) is 60.4 Å². The summed E-state index contributed by atoms with van der Waals surface area (Å²) in [5.74, 6) is 0. The van der Waals surface area contributed by atoms with Gasteiger partial charge in [-0.3, -0.25) is 0 Å². The molecule has 10 aromatic rings. The summed E-state index contributed by atoms with van der Waals surface area (Å²) in [6.07, 6.45) is 0. The number of hydrogen-bond acceptors (Lipinski definition) is 1. The van der Waals surface area contributed by atoms with Gasteiger partial charge in [0.25, 0.3) is 0 Å². The molecule has 1 nitrogen and oxygen atoms in total. The van der Waals surface area contributed by atoms with Gasteiger partial charge in [0.1, 0.15) is 11.2 Å². The maximum Gasteiger partial charge on any atom is 0.139 e. The van der Waals surface area contributed by atoms with Crippen molar-refractivity contribution in [2.24, 2.45) is 0 Å². The van der Waals surface area contributed by atoms with E-state index in [0.29, 0.717) is 77.0 Å². The quantitative estimate of drug-likeness (QED) is 0.126. The van der Waals surface area contributed by atoms with Crippen LogP contribution in [0.25, 0.3) is 98.1 Å². The fourth-order valence-corrected chi connectivity index (χ4v) is 10.3. The molecule has 1 heterocycles. The van der Waals surface area contributed by atoms with Crippen LogP contribution in [-0.4, -0.2) is 0 Å². The van der Waals surface area contributed by atoms with Crippen molar-refractivity contribution in [1.29, 1.82) is 0 Å².